The maximum Gasteiger partial charge on any atom is 0.152 e. The zero-order chi connectivity index (χ0) is 18.6. The molecule has 0 unspecified atom stereocenters. The van der Waals surface area contributed by atoms with Crippen molar-refractivity contribution in [3.63, 3.8) is 0 Å². The van der Waals surface area contributed by atoms with Gasteiger partial charge in [-0.05, 0) is 63.3 Å². The molecule has 0 atom stereocenters. The van der Waals surface area contributed by atoms with Crippen LogP contribution in [0.25, 0.3) is 10.6 Å². The van der Waals surface area contributed by atoms with Crippen molar-refractivity contribution in [2.75, 3.05) is 30.8 Å². The van der Waals surface area contributed by atoms with Crippen LogP contribution in [0.1, 0.15) is 18.4 Å². The fraction of sp³-hybridized carbons (Fsp3) is 0.300. The second-order valence-corrected chi connectivity index (χ2v) is 7.81. The zero-order valence-electron chi connectivity index (χ0n) is 15.2. The number of hydrogen-bond acceptors (Lipinski definition) is 6. The standard InChI is InChI=1S/C20H22N6S/c1-26-8-6-17(7-9-26)22-15-2-4-16(5-3-15)23-20-11-18(24-25-20)19-10-14(12-21)13-27-19/h2-5,10-11,13,17,22H,6-9H2,1H3,(H2,23,24,25). The first-order valence-electron chi connectivity index (χ1n) is 9.06. The molecule has 138 valence electrons. The molecule has 1 aromatic carbocycles. The zero-order valence-corrected chi connectivity index (χ0v) is 16.0. The van der Waals surface area contributed by atoms with Gasteiger partial charge in [0.1, 0.15) is 6.07 Å². The molecule has 1 saturated heterocycles. The molecule has 0 radical (unpaired) electrons. The van der Waals surface area contributed by atoms with Gasteiger partial charge in [0.25, 0.3) is 0 Å². The summed E-state index contributed by atoms with van der Waals surface area (Å²) in [6.45, 7) is 2.30. The van der Waals surface area contributed by atoms with E-state index in [1.165, 1.54) is 24.2 Å². The van der Waals surface area contributed by atoms with Crippen LogP contribution in [0.4, 0.5) is 17.2 Å². The largest absolute Gasteiger partial charge is 0.382 e. The number of aromatic nitrogens is 2. The molecule has 3 heterocycles. The molecule has 27 heavy (non-hydrogen) atoms. The third kappa shape index (κ3) is 4.30. The normalized spacial score (nSPS) is 15.4. The molecule has 1 aliphatic rings. The predicted octanol–water partition coefficient (Wildman–Crippen LogP) is 4.26. The number of likely N-dealkylation sites (tertiary alicyclic amines) is 1. The fourth-order valence-electron chi connectivity index (χ4n) is 3.23. The molecule has 3 N–H and O–H groups in total. The van der Waals surface area contributed by atoms with E-state index in [4.69, 9.17) is 5.26 Å². The number of anilines is 3. The predicted molar refractivity (Wildman–Crippen MR) is 110 cm³/mol. The summed E-state index contributed by atoms with van der Waals surface area (Å²) in [4.78, 5) is 3.38. The summed E-state index contributed by atoms with van der Waals surface area (Å²) in [6, 6.07) is 14.9. The number of hydrogen-bond donors (Lipinski definition) is 3. The number of benzene rings is 1. The van der Waals surface area contributed by atoms with Crippen LogP contribution in [0.15, 0.2) is 41.8 Å². The highest BCUT2D eigenvalue weighted by atomic mass is 32.1. The molecule has 0 saturated carbocycles. The first kappa shape index (κ1) is 17.6. The third-order valence-corrected chi connectivity index (χ3v) is 5.78. The van der Waals surface area contributed by atoms with Crippen LogP contribution >= 0.6 is 11.3 Å². The number of piperidine rings is 1. The van der Waals surface area contributed by atoms with Gasteiger partial charge in [0.2, 0.25) is 0 Å². The lowest BCUT2D eigenvalue weighted by molar-refractivity contribution is 0.264. The summed E-state index contributed by atoms with van der Waals surface area (Å²) in [5.41, 5.74) is 3.72. The Kier molecular flexibility index (Phi) is 5.10. The highest BCUT2D eigenvalue weighted by Gasteiger charge is 2.16. The highest BCUT2D eigenvalue weighted by Crippen LogP contribution is 2.28. The highest BCUT2D eigenvalue weighted by molar-refractivity contribution is 7.13. The van der Waals surface area contributed by atoms with E-state index in [1.807, 2.05) is 17.5 Å². The van der Waals surface area contributed by atoms with Crippen molar-refractivity contribution in [3.05, 3.63) is 47.3 Å². The van der Waals surface area contributed by atoms with Crippen LogP contribution in [0.3, 0.4) is 0 Å². The maximum atomic E-state index is 8.95. The molecular weight excluding hydrogens is 356 g/mol. The first-order chi connectivity index (χ1) is 13.2. The van der Waals surface area contributed by atoms with Gasteiger partial charge >= 0.3 is 0 Å². The molecule has 1 fully saturated rings. The minimum atomic E-state index is 0.554. The number of rotatable bonds is 5. The van der Waals surface area contributed by atoms with Crippen LogP contribution in [0.5, 0.6) is 0 Å². The summed E-state index contributed by atoms with van der Waals surface area (Å²) in [6.07, 6.45) is 2.37. The van der Waals surface area contributed by atoms with Gasteiger partial charge in [-0.15, -0.1) is 11.3 Å². The second kappa shape index (κ2) is 7.82. The van der Waals surface area contributed by atoms with Gasteiger partial charge in [0.15, 0.2) is 5.82 Å². The molecular formula is C20H22N6S. The van der Waals surface area contributed by atoms with E-state index < -0.39 is 0 Å². The van der Waals surface area contributed by atoms with Gasteiger partial charge in [0, 0.05) is 28.9 Å². The molecule has 0 aliphatic carbocycles. The Morgan fingerprint density at radius 3 is 2.63 bits per heavy atom. The minimum absolute atomic E-state index is 0.554. The van der Waals surface area contributed by atoms with E-state index in [0.717, 1.165) is 40.9 Å². The number of H-pyrrole nitrogens is 1. The van der Waals surface area contributed by atoms with Crippen molar-refractivity contribution < 1.29 is 0 Å². The van der Waals surface area contributed by atoms with Crippen molar-refractivity contribution in [3.8, 4) is 16.6 Å². The van der Waals surface area contributed by atoms with Crippen molar-refractivity contribution >= 4 is 28.5 Å². The topological polar surface area (TPSA) is 79.8 Å². The third-order valence-electron chi connectivity index (χ3n) is 4.82. The Hall–Kier alpha value is -2.82. The molecule has 0 bridgehead atoms. The molecule has 1 aliphatic heterocycles. The van der Waals surface area contributed by atoms with Crippen LogP contribution in [-0.2, 0) is 0 Å². The lowest BCUT2D eigenvalue weighted by Crippen LogP contribution is -2.36. The lowest BCUT2D eigenvalue weighted by Gasteiger charge is -2.30. The summed E-state index contributed by atoms with van der Waals surface area (Å²) in [7, 11) is 2.18. The lowest BCUT2D eigenvalue weighted by atomic mass is 10.1. The number of nitrogens with zero attached hydrogens (tertiary/aromatic N) is 3. The Morgan fingerprint density at radius 1 is 1.19 bits per heavy atom. The van der Waals surface area contributed by atoms with Crippen molar-refractivity contribution in [1.82, 2.24) is 15.1 Å². The summed E-state index contributed by atoms with van der Waals surface area (Å²) in [5.74, 6) is 0.757. The Morgan fingerprint density at radius 2 is 1.93 bits per heavy atom. The summed E-state index contributed by atoms with van der Waals surface area (Å²) >= 11 is 1.53. The minimum Gasteiger partial charge on any atom is -0.382 e. The Bertz CT molecular complexity index is 928. The quantitative estimate of drug-likeness (QED) is 0.618. The molecule has 6 nitrogen and oxygen atoms in total. The average molecular weight is 379 g/mol. The number of nitriles is 1. The summed E-state index contributed by atoms with van der Waals surface area (Å²) < 4.78 is 0. The van der Waals surface area contributed by atoms with Crippen LogP contribution in [-0.4, -0.2) is 41.3 Å². The van der Waals surface area contributed by atoms with E-state index in [-0.39, 0.29) is 0 Å². The van der Waals surface area contributed by atoms with Gasteiger partial charge < -0.3 is 15.5 Å². The average Bonchev–Trinajstić information content (AvgIpc) is 3.34. The molecule has 7 heteroatoms. The van der Waals surface area contributed by atoms with Crippen LogP contribution in [0.2, 0.25) is 0 Å². The van der Waals surface area contributed by atoms with E-state index in [9.17, 15) is 0 Å². The molecule has 0 spiro atoms. The van der Waals surface area contributed by atoms with Gasteiger partial charge in [-0.25, -0.2) is 0 Å². The first-order valence-corrected chi connectivity index (χ1v) is 9.94. The Labute approximate surface area is 162 Å². The van der Waals surface area contributed by atoms with Crippen molar-refractivity contribution in [1.29, 1.82) is 5.26 Å². The van der Waals surface area contributed by atoms with Gasteiger partial charge in [-0.1, -0.05) is 0 Å². The number of aromatic amines is 1. The molecule has 4 rings (SSSR count). The second-order valence-electron chi connectivity index (χ2n) is 6.90. The fourth-order valence-corrected chi connectivity index (χ4v) is 4.04. The van der Waals surface area contributed by atoms with E-state index in [2.05, 4.69) is 63.1 Å². The van der Waals surface area contributed by atoms with Crippen LogP contribution in [0, 0.1) is 11.3 Å². The van der Waals surface area contributed by atoms with Gasteiger partial charge in [-0.2, -0.15) is 10.4 Å². The summed E-state index contributed by atoms with van der Waals surface area (Å²) in [5, 5.41) is 25.1. The van der Waals surface area contributed by atoms with Crippen molar-refractivity contribution in [2.24, 2.45) is 0 Å². The van der Waals surface area contributed by atoms with Crippen LogP contribution < -0.4 is 10.6 Å². The van der Waals surface area contributed by atoms with Gasteiger partial charge in [0.05, 0.1) is 16.1 Å². The Balaban J connectivity index is 1.36. The molecule has 2 aromatic heterocycles. The smallest absolute Gasteiger partial charge is 0.152 e. The monoisotopic (exact) mass is 378 g/mol. The van der Waals surface area contributed by atoms with Gasteiger partial charge in [-0.3, -0.25) is 5.10 Å². The molecule has 0 amide bonds. The maximum absolute atomic E-state index is 8.95. The van der Waals surface area contributed by atoms with E-state index in [1.54, 1.807) is 0 Å². The number of nitrogens with one attached hydrogen (secondary N) is 3. The number of thiophene rings is 1. The SMILES string of the molecule is CN1CCC(Nc2ccc(Nc3cc(-c4cc(C#N)cs4)[nH]n3)cc2)CC1. The van der Waals surface area contributed by atoms with E-state index in [0.29, 0.717) is 11.6 Å². The van der Waals surface area contributed by atoms with E-state index >= 15 is 0 Å². The van der Waals surface area contributed by atoms with Crippen molar-refractivity contribution in [2.45, 2.75) is 18.9 Å². The molecule has 3 aromatic rings.